The predicted molar refractivity (Wildman–Crippen MR) is 78.1 cm³/mol. The fourth-order valence-corrected chi connectivity index (χ4v) is 2.13. The Kier molecular flexibility index (Phi) is 3.88. The molecule has 108 valence electrons. The standard InChI is InChI=1S/C15H19NO4/c1-9(2)20-14-13(19-5)11-7-6-10(18-4)8-12(11)16(3)15(14)17/h6-9H,1-5H3. The summed E-state index contributed by atoms with van der Waals surface area (Å²) in [5.41, 5.74) is 0.513. The van der Waals surface area contributed by atoms with Crippen LogP contribution in [0, 0.1) is 0 Å². The molecule has 0 amide bonds. The minimum absolute atomic E-state index is 0.104. The number of rotatable bonds is 4. The van der Waals surface area contributed by atoms with E-state index in [0.29, 0.717) is 11.5 Å². The van der Waals surface area contributed by atoms with E-state index in [9.17, 15) is 4.79 Å². The number of aromatic nitrogens is 1. The minimum Gasteiger partial charge on any atom is -0.497 e. The Balaban J connectivity index is 2.83. The average Bonchev–Trinajstić information content (AvgIpc) is 2.44. The molecule has 1 aromatic heterocycles. The maximum absolute atomic E-state index is 12.4. The molecule has 2 aromatic rings. The number of pyridine rings is 1. The smallest absolute Gasteiger partial charge is 0.297 e. The molecule has 0 aliphatic carbocycles. The van der Waals surface area contributed by atoms with Crippen LogP contribution in [-0.2, 0) is 7.05 Å². The fourth-order valence-electron chi connectivity index (χ4n) is 2.13. The molecule has 1 heterocycles. The highest BCUT2D eigenvalue weighted by atomic mass is 16.5. The number of aryl methyl sites for hydroxylation is 1. The van der Waals surface area contributed by atoms with Gasteiger partial charge in [-0.2, -0.15) is 0 Å². The Hall–Kier alpha value is -2.17. The van der Waals surface area contributed by atoms with Gasteiger partial charge in [-0.1, -0.05) is 0 Å². The summed E-state index contributed by atoms with van der Waals surface area (Å²) in [5.74, 6) is 1.38. The van der Waals surface area contributed by atoms with Crippen LogP contribution in [0.5, 0.6) is 17.2 Å². The third-order valence-corrected chi connectivity index (χ3v) is 3.07. The molecule has 0 fully saturated rings. The Morgan fingerprint density at radius 2 is 1.80 bits per heavy atom. The van der Waals surface area contributed by atoms with Crippen LogP contribution < -0.4 is 19.8 Å². The first-order valence-electron chi connectivity index (χ1n) is 6.41. The second kappa shape index (κ2) is 5.45. The minimum atomic E-state index is -0.226. The summed E-state index contributed by atoms with van der Waals surface area (Å²) in [4.78, 5) is 12.4. The lowest BCUT2D eigenvalue weighted by molar-refractivity contribution is 0.226. The normalized spacial score (nSPS) is 10.9. The van der Waals surface area contributed by atoms with Crippen molar-refractivity contribution in [3.8, 4) is 17.2 Å². The third kappa shape index (κ3) is 2.31. The second-order valence-corrected chi connectivity index (χ2v) is 4.78. The first-order chi connectivity index (χ1) is 9.49. The van der Waals surface area contributed by atoms with Crippen molar-refractivity contribution in [2.24, 2.45) is 7.05 Å². The molecule has 0 aliphatic heterocycles. The number of hydrogen-bond acceptors (Lipinski definition) is 4. The van der Waals surface area contributed by atoms with E-state index < -0.39 is 0 Å². The van der Waals surface area contributed by atoms with Crippen molar-refractivity contribution < 1.29 is 14.2 Å². The lowest BCUT2D eigenvalue weighted by Gasteiger charge is -2.17. The van der Waals surface area contributed by atoms with Crippen LogP contribution in [0.2, 0.25) is 0 Å². The lowest BCUT2D eigenvalue weighted by Crippen LogP contribution is -2.23. The van der Waals surface area contributed by atoms with Gasteiger partial charge in [0.05, 0.1) is 25.8 Å². The quantitative estimate of drug-likeness (QED) is 0.860. The molecule has 1 aromatic carbocycles. The molecule has 0 N–H and O–H groups in total. The maximum atomic E-state index is 12.4. The van der Waals surface area contributed by atoms with Crippen molar-refractivity contribution in [2.75, 3.05) is 14.2 Å². The van der Waals surface area contributed by atoms with Crippen molar-refractivity contribution in [2.45, 2.75) is 20.0 Å². The third-order valence-electron chi connectivity index (χ3n) is 3.07. The van der Waals surface area contributed by atoms with Gasteiger partial charge in [0.2, 0.25) is 5.75 Å². The average molecular weight is 277 g/mol. The van der Waals surface area contributed by atoms with Gasteiger partial charge >= 0.3 is 0 Å². The first-order valence-corrected chi connectivity index (χ1v) is 6.41. The van der Waals surface area contributed by atoms with Crippen LogP contribution in [0.4, 0.5) is 0 Å². The summed E-state index contributed by atoms with van der Waals surface area (Å²) >= 11 is 0. The highest BCUT2D eigenvalue weighted by molar-refractivity contribution is 5.89. The van der Waals surface area contributed by atoms with Gasteiger partial charge in [-0.15, -0.1) is 0 Å². The summed E-state index contributed by atoms with van der Waals surface area (Å²) in [7, 11) is 4.83. The van der Waals surface area contributed by atoms with Gasteiger partial charge in [0, 0.05) is 18.5 Å². The second-order valence-electron chi connectivity index (χ2n) is 4.78. The molecule has 0 bridgehead atoms. The topological polar surface area (TPSA) is 49.7 Å². The van der Waals surface area contributed by atoms with Crippen molar-refractivity contribution in [3.05, 3.63) is 28.6 Å². The number of fused-ring (bicyclic) bond motifs is 1. The number of hydrogen-bond donors (Lipinski definition) is 0. The molecule has 0 saturated heterocycles. The Morgan fingerprint density at radius 1 is 1.10 bits per heavy atom. The SMILES string of the molecule is COc1ccc2c(OC)c(OC(C)C)c(=O)n(C)c2c1. The maximum Gasteiger partial charge on any atom is 0.297 e. The van der Waals surface area contributed by atoms with E-state index in [1.54, 1.807) is 20.2 Å². The molecule has 0 radical (unpaired) electrons. The Morgan fingerprint density at radius 3 is 2.35 bits per heavy atom. The summed E-state index contributed by atoms with van der Waals surface area (Å²) in [6, 6.07) is 5.49. The van der Waals surface area contributed by atoms with Crippen molar-refractivity contribution >= 4 is 10.9 Å². The van der Waals surface area contributed by atoms with Crippen LogP contribution in [0.15, 0.2) is 23.0 Å². The number of methoxy groups -OCH3 is 2. The monoisotopic (exact) mass is 277 g/mol. The van der Waals surface area contributed by atoms with Crippen molar-refractivity contribution in [3.63, 3.8) is 0 Å². The summed E-state index contributed by atoms with van der Waals surface area (Å²) in [6.45, 7) is 3.74. The van der Waals surface area contributed by atoms with Crippen LogP contribution in [0.25, 0.3) is 10.9 Å². The Labute approximate surface area is 117 Å². The molecule has 0 atom stereocenters. The van der Waals surface area contributed by atoms with E-state index in [1.165, 1.54) is 11.7 Å². The van der Waals surface area contributed by atoms with Gasteiger partial charge in [-0.25, -0.2) is 0 Å². The van der Waals surface area contributed by atoms with Gasteiger partial charge in [0.1, 0.15) is 5.75 Å². The van der Waals surface area contributed by atoms with Gasteiger partial charge < -0.3 is 18.8 Å². The van der Waals surface area contributed by atoms with Crippen LogP contribution in [0.3, 0.4) is 0 Å². The number of benzene rings is 1. The van der Waals surface area contributed by atoms with Crippen molar-refractivity contribution in [1.82, 2.24) is 4.57 Å². The molecule has 0 aliphatic rings. The molecule has 5 nitrogen and oxygen atoms in total. The largest absolute Gasteiger partial charge is 0.497 e. The molecule has 0 saturated carbocycles. The first kappa shape index (κ1) is 14.2. The summed E-state index contributed by atoms with van der Waals surface area (Å²) in [6.07, 6.45) is -0.104. The highest BCUT2D eigenvalue weighted by Crippen LogP contribution is 2.34. The van der Waals surface area contributed by atoms with Crippen LogP contribution in [-0.4, -0.2) is 24.9 Å². The predicted octanol–water partition coefficient (Wildman–Crippen LogP) is 2.34. The van der Waals surface area contributed by atoms with Gasteiger partial charge in [0.15, 0.2) is 5.75 Å². The molecule has 5 heteroatoms. The van der Waals surface area contributed by atoms with E-state index in [1.807, 2.05) is 26.0 Å². The molecule has 0 spiro atoms. The van der Waals surface area contributed by atoms with E-state index in [2.05, 4.69) is 0 Å². The van der Waals surface area contributed by atoms with Crippen LogP contribution in [0.1, 0.15) is 13.8 Å². The zero-order valence-corrected chi connectivity index (χ0v) is 12.4. The molecular formula is C15H19NO4. The Bertz CT molecular complexity index is 688. The number of ether oxygens (including phenoxy) is 3. The van der Waals surface area contributed by atoms with Gasteiger partial charge in [0.25, 0.3) is 5.56 Å². The summed E-state index contributed by atoms with van der Waals surface area (Å²) in [5, 5.41) is 0.811. The summed E-state index contributed by atoms with van der Waals surface area (Å²) < 4.78 is 17.8. The molecule has 20 heavy (non-hydrogen) atoms. The zero-order chi connectivity index (χ0) is 14.9. The lowest BCUT2D eigenvalue weighted by atomic mass is 10.1. The van der Waals surface area contributed by atoms with Gasteiger partial charge in [-0.3, -0.25) is 4.79 Å². The highest BCUT2D eigenvalue weighted by Gasteiger charge is 2.18. The van der Waals surface area contributed by atoms with Crippen LogP contribution >= 0.6 is 0 Å². The zero-order valence-electron chi connectivity index (χ0n) is 12.4. The van der Waals surface area contributed by atoms with E-state index >= 15 is 0 Å². The molecular weight excluding hydrogens is 258 g/mol. The van der Waals surface area contributed by atoms with Crippen molar-refractivity contribution in [1.29, 1.82) is 0 Å². The molecule has 0 unspecified atom stereocenters. The van der Waals surface area contributed by atoms with Gasteiger partial charge in [-0.05, 0) is 26.0 Å². The molecule has 2 rings (SSSR count). The van der Waals surface area contributed by atoms with E-state index in [0.717, 1.165) is 10.9 Å². The number of nitrogens with zero attached hydrogens (tertiary/aromatic N) is 1. The fraction of sp³-hybridized carbons (Fsp3) is 0.400. The van der Waals surface area contributed by atoms with E-state index in [-0.39, 0.29) is 17.4 Å². The van der Waals surface area contributed by atoms with E-state index in [4.69, 9.17) is 14.2 Å².